The minimum Gasteiger partial charge on any atom is -0.321 e. The molecule has 0 aliphatic carbocycles. The first-order valence-electron chi connectivity index (χ1n) is 6.65. The van der Waals surface area contributed by atoms with Gasteiger partial charge in [-0.15, -0.1) is 0 Å². The quantitative estimate of drug-likeness (QED) is 0.782. The van der Waals surface area contributed by atoms with E-state index in [2.05, 4.69) is 26.2 Å². The van der Waals surface area contributed by atoms with E-state index in [0.29, 0.717) is 10.7 Å². The van der Waals surface area contributed by atoms with Crippen molar-refractivity contribution in [1.82, 2.24) is 4.98 Å². The molecule has 110 valence electrons. The van der Waals surface area contributed by atoms with Crippen LogP contribution in [0.1, 0.15) is 34.1 Å². The molecule has 2 aromatic rings. The number of rotatable bonds is 3. The molecule has 21 heavy (non-hydrogen) atoms. The molecule has 0 spiro atoms. The van der Waals surface area contributed by atoms with Crippen molar-refractivity contribution in [3.8, 4) is 0 Å². The molecular formula is C16H16BrClN2O. The Balaban J connectivity index is 2.32. The number of halogens is 2. The Morgan fingerprint density at radius 3 is 2.43 bits per heavy atom. The van der Waals surface area contributed by atoms with Gasteiger partial charge in [-0.3, -0.25) is 4.79 Å². The number of aryl methyl sites for hydroxylation is 3. The van der Waals surface area contributed by atoms with Gasteiger partial charge in [0.2, 0.25) is 0 Å². The Bertz CT molecular complexity index is 678. The van der Waals surface area contributed by atoms with E-state index < -0.39 is 0 Å². The number of aromatic nitrogens is 1. The van der Waals surface area contributed by atoms with Gasteiger partial charge in [0.05, 0.1) is 0 Å². The Hall–Kier alpha value is -1.39. The van der Waals surface area contributed by atoms with Gasteiger partial charge in [-0.25, -0.2) is 4.98 Å². The van der Waals surface area contributed by atoms with Gasteiger partial charge in [-0.2, -0.15) is 0 Å². The van der Waals surface area contributed by atoms with Gasteiger partial charge in [0.15, 0.2) is 0 Å². The van der Waals surface area contributed by atoms with E-state index in [4.69, 9.17) is 11.6 Å². The smallest absolute Gasteiger partial charge is 0.255 e. The Morgan fingerprint density at radius 2 is 1.86 bits per heavy atom. The number of pyridine rings is 1. The van der Waals surface area contributed by atoms with Gasteiger partial charge in [-0.05, 0) is 55.7 Å². The van der Waals surface area contributed by atoms with Gasteiger partial charge < -0.3 is 5.32 Å². The number of nitrogens with one attached hydrogen (secondary N) is 1. The molecule has 1 aromatic heterocycles. The zero-order chi connectivity index (χ0) is 15.6. The number of hydrogen-bond donors (Lipinski definition) is 1. The summed E-state index contributed by atoms with van der Waals surface area (Å²) in [4.78, 5) is 16.6. The maximum absolute atomic E-state index is 12.4. The Labute approximate surface area is 137 Å². The van der Waals surface area contributed by atoms with Crippen molar-refractivity contribution in [2.24, 2.45) is 0 Å². The second kappa shape index (κ2) is 6.58. The molecule has 0 saturated heterocycles. The minimum atomic E-state index is -0.178. The average Bonchev–Trinajstić information content (AvgIpc) is 2.41. The Kier molecular flexibility index (Phi) is 5.01. The lowest BCUT2D eigenvalue weighted by atomic mass is 10.1. The molecule has 0 saturated carbocycles. The van der Waals surface area contributed by atoms with E-state index in [-0.39, 0.29) is 5.91 Å². The predicted molar refractivity (Wildman–Crippen MR) is 90.2 cm³/mol. The number of nitrogens with zero attached hydrogens (tertiary/aromatic N) is 1. The number of benzene rings is 1. The van der Waals surface area contributed by atoms with Crippen LogP contribution in [0.5, 0.6) is 0 Å². The van der Waals surface area contributed by atoms with Crippen LogP contribution in [-0.4, -0.2) is 10.9 Å². The molecule has 0 unspecified atom stereocenters. The minimum absolute atomic E-state index is 0.178. The maximum atomic E-state index is 12.4. The summed E-state index contributed by atoms with van der Waals surface area (Å²) >= 11 is 9.41. The summed E-state index contributed by atoms with van der Waals surface area (Å²) in [5.74, 6) is -0.178. The molecule has 1 aromatic carbocycles. The first-order chi connectivity index (χ1) is 9.90. The van der Waals surface area contributed by atoms with Crippen molar-refractivity contribution in [2.45, 2.75) is 27.2 Å². The number of carbonyl (C=O) groups is 1. The first-order valence-corrected chi connectivity index (χ1v) is 7.82. The highest BCUT2D eigenvalue weighted by molar-refractivity contribution is 9.10. The maximum Gasteiger partial charge on any atom is 0.255 e. The third kappa shape index (κ3) is 3.83. The van der Waals surface area contributed by atoms with Gasteiger partial charge >= 0.3 is 0 Å². The highest BCUT2D eigenvalue weighted by Gasteiger charge is 2.12. The molecule has 0 fully saturated rings. The van der Waals surface area contributed by atoms with Crippen LogP contribution in [0.4, 0.5) is 5.69 Å². The van der Waals surface area contributed by atoms with E-state index in [1.807, 2.05) is 32.9 Å². The van der Waals surface area contributed by atoms with Crippen LogP contribution in [0, 0.1) is 13.8 Å². The molecule has 0 radical (unpaired) electrons. The van der Waals surface area contributed by atoms with Gasteiger partial charge in [0, 0.05) is 21.4 Å². The third-order valence-corrected chi connectivity index (χ3v) is 3.86. The van der Waals surface area contributed by atoms with Crippen molar-refractivity contribution in [3.63, 3.8) is 0 Å². The highest BCUT2D eigenvalue weighted by atomic mass is 79.9. The summed E-state index contributed by atoms with van der Waals surface area (Å²) in [5.41, 5.74) is 4.16. The van der Waals surface area contributed by atoms with E-state index >= 15 is 0 Å². The topological polar surface area (TPSA) is 42.0 Å². The number of hydrogen-bond acceptors (Lipinski definition) is 2. The number of anilines is 1. The zero-order valence-corrected chi connectivity index (χ0v) is 14.5. The van der Waals surface area contributed by atoms with Gasteiger partial charge in [-0.1, -0.05) is 34.5 Å². The summed E-state index contributed by atoms with van der Waals surface area (Å²) in [5, 5.41) is 3.29. The summed E-state index contributed by atoms with van der Waals surface area (Å²) in [6.45, 7) is 5.90. The van der Waals surface area contributed by atoms with Crippen LogP contribution in [0.3, 0.4) is 0 Å². The molecule has 0 atom stereocenters. The van der Waals surface area contributed by atoms with E-state index in [9.17, 15) is 4.79 Å². The van der Waals surface area contributed by atoms with Crippen molar-refractivity contribution in [3.05, 3.63) is 56.3 Å². The molecule has 0 bridgehead atoms. The molecule has 0 aliphatic rings. The van der Waals surface area contributed by atoms with Crippen molar-refractivity contribution < 1.29 is 4.79 Å². The largest absolute Gasteiger partial charge is 0.321 e. The monoisotopic (exact) mass is 366 g/mol. The Morgan fingerprint density at radius 1 is 1.24 bits per heavy atom. The molecule has 1 N–H and O–H groups in total. The third-order valence-electron chi connectivity index (χ3n) is 3.21. The first kappa shape index (κ1) is 16.0. The van der Waals surface area contributed by atoms with Crippen LogP contribution >= 0.6 is 27.5 Å². The lowest BCUT2D eigenvalue weighted by molar-refractivity contribution is 0.102. The van der Waals surface area contributed by atoms with Crippen LogP contribution in [0.15, 0.2) is 28.7 Å². The molecule has 3 nitrogen and oxygen atoms in total. The van der Waals surface area contributed by atoms with Gasteiger partial charge in [0.1, 0.15) is 5.15 Å². The molecule has 0 aliphatic heterocycles. The standard InChI is InChI=1S/C16H16BrClN2O/c1-4-13-7-11(8-14(18)19-13)16(21)20-15-9(2)5-12(17)6-10(15)3/h5-8H,4H2,1-3H3,(H,20,21). The fourth-order valence-corrected chi connectivity index (χ4v) is 3.07. The molecular weight excluding hydrogens is 352 g/mol. The molecule has 1 heterocycles. The van der Waals surface area contributed by atoms with E-state index in [1.165, 1.54) is 0 Å². The average molecular weight is 368 g/mol. The van der Waals surface area contributed by atoms with E-state index in [0.717, 1.165) is 33.4 Å². The second-order valence-electron chi connectivity index (χ2n) is 4.89. The number of carbonyl (C=O) groups excluding carboxylic acids is 1. The highest BCUT2D eigenvalue weighted by Crippen LogP contribution is 2.25. The number of amides is 1. The van der Waals surface area contributed by atoms with Crippen LogP contribution in [0.25, 0.3) is 0 Å². The van der Waals surface area contributed by atoms with Crippen LogP contribution < -0.4 is 5.32 Å². The fourth-order valence-electron chi connectivity index (χ4n) is 2.16. The van der Waals surface area contributed by atoms with E-state index in [1.54, 1.807) is 12.1 Å². The predicted octanol–water partition coefficient (Wildman–Crippen LogP) is 4.93. The van der Waals surface area contributed by atoms with Crippen LogP contribution in [-0.2, 0) is 6.42 Å². The second-order valence-corrected chi connectivity index (χ2v) is 6.20. The lowest BCUT2D eigenvalue weighted by Gasteiger charge is -2.13. The van der Waals surface area contributed by atoms with Crippen molar-refractivity contribution in [2.75, 3.05) is 5.32 Å². The SMILES string of the molecule is CCc1cc(C(=O)Nc2c(C)cc(Br)cc2C)cc(Cl)n1. The van der Waals surface area contributed by atoms with Crippen molar-refractivity contribution >= 4 is 39.1 Å². The molecule has 5 heteroatoms. The normalized spacial score (nSPS) is 10.5. The van der Waals surface area contributed by atoms with Crippen molar-refractivity contribution in [1.29, 1.82) is 0 Å². The summed E-state index contributed by atoms with van der Waals surface area (Å²) in [6.07, 6.45) is 0.733. The summed E-state index contributed by atoms with van der Waals surface area (Å²) < 4.78 is 0.996. The molecule has 2 rings (SSSR count). The summed E-state index contributed by atoms with van der Waals surface area (Å²) in [7, 11) is 0. The summed E-state index contributed by atoms with van der Waals surface area (Å²) in [6, 6.07) is 7.30. The van der Waals surface area contributed by atoms with Crippen LogP contribution in [0.2, 0.25) is 5.15 Å². The molecule has 1 amide bonds. The zero-order valence-electron chi connectivity index (χ0n) is 12.1. The van der Waals surface area contributed by atoms with Gasteiger partial charge in [0.25, 0.3) is 5.91 Å². The lowest BCUT2D eigenvalue weighted by Crippen LogP contribution is -2.14. The fraction of sp³-hybridized carbons (Fsp3) is 0.250.